The van der Waals surface area contributed by atoms with Gasteiger partial charge in [0.1, 0.15) is 0 Å². The molecule has 1 aliphatic rings. The summed E-state index contributed by atoms with van der Waals surface area (Å²) in [6, 6.07) is 8.18. The number of hydrogen-bond acceptors (Lipinski definition) is 2. The molecule has 0 aliphatic heterocycles. The van der Waals surface area contributed by atoms with Crippen molar-refractivity contribution in [3.05, 3.63) is 42.2 Å². The fourth-order valence-electron chi connectivity index (χ4n) is 3.03. The lowest BCUT2D eigenvalue weighted by Gasteiger charge is -2.36. The van der Waals surface area contributed by atoms with E-state index < -0.39 is 5.60 Å². The lowest BCUT2D eigenvalue weighted by atomic mass is 9.75. The lowest BCUT2D eigenvalue weighted by molar-refractivity contribution is -0.0107. The number of benzene rings is 1. The molecule has 3 rings (SSSR count). The molecule has 1 N–H and O–H groups in total. The van der Waals surface area contributed by atoms with Crippen LogP contribution < -0.4 is 0 Å². The van der Waals surface area contributed by atoms with Gasteiger partial charge in [-0.1, -0.05) is 25.1 Å². The van der Waals surface area contributed by atoms with Gasteiger partial charge in [0.05, 0.1) is 5.60 Å². The first-order valence-corrected chi connectivity index (χ1v) is 6.75. The molecule has 2 heteroatoms. The Morgan fingerprint density at radius 2 is 2.00 bits per heavy atom. The summed E-state index contributed by atoms with van der Waals surface area (Å²) in [5.41, 5.74) is 0.398. The topological polar surface area (TPSA) is 33.1 Å². The molecular weight excluding hydrogens is 222 g/mol. The van der Waals surface area contributed by atoms with Crippen molar-refractivity contribution in [2.45, 2.75) is 38.2 Å². The molecule has 94 valence electrons. The average Bonchev–Trinajstić information content (AvgIpc) is 2.42. The van der Waals surface area contributed by atoms with E-state index in [4.69, 9.17) is 0 Å². The number of nitrogens with zero attached hydrogens (tertiary/aromatic N) is 1. The highest BCUT2D eigenvalue weighted by molar-refractivity contribution is 5.85. The molecule has 0 amide bonds. The predicted molar refractivity (Wildman–Crippen MR) is 73.3 cm³/mol. The van der Waals surface area contributed by atoms with E-state index in [1.807, 2.05) is 18.3 Å². The molecule has 0 atom stereocenters. The van der Waals surface area contributed by atoms with Crippen LogP contribution in [0.3, 0.4) is 0 Å². The van der Waals surface area contributed by atoms with Crippen LogP contribution in [-0.2, 0) is 5.60 Å². The maximum Gasteiger partial charge on any atom is 0.0903 e. The smallest absolute Gasteiger partial charge is 0.0903 e. The van der Waals surface area contributed by atoms with Gasteiger partial charge in [-0.05, 0) is 48.6 Å². The second-order valence-electron chi connectivity index (χ2n) is 5.62. The van der Waals surface area contributed by atoms with Crippen LogP contribution >= 0.6 is 0 Å². The van der Waals surface area contributed by atoms with Gasteiger partial charge < -0.3 is 5.11 Å². The minimum atomic E-state index is -0.658. The molecule has 18 heavy (non-hydrogen) atoms. The Morgan fingerprint density at radius 3 is 2.78 bits per heavy atom. The Labute approximate surface area is 108 Å². The van der Waals surface area contributed by atoms with Crippen LogP contribution in [0, 0.1) is 5.92 Å². The Balaban J connectivity index is 2.08. The van der Waals surface area contributed by atoms with E-state index in [2.05, 4.69) is 24.0 Å². The summed E-state index contributed by atoms with van der Waals surface area (Å²) in [6.45, 7) is 2.27. The van der Waals surface area contributed by atoms with Crippen molar-refractivity contribution in [2.24, 2.45) is 5.92 Å². The van der Waals surface area contributed by atoms with Gasteiger partial charge in [0, 0.05) is 17.8 Å². The molecule has 2 aromatic rings. The summed E-state index contributed by atoms with van der Waals surface area (Å²) in [5, 5.41) is 13.2. The summed E-state index contributed by atoms with van der Waals surface area (Å²) in [4.78, 5) is 4.20. The van der Waals surface area contributed by atoms with E-state index in [1.165, 1.54) is 0 Å². The molecule has 0 spiro atoms. The van der Waals surface area contributed by atoms with E-state index in [9.17, 15) is 5.11 Å². The third kappa shape index (κ3) is 1.91. The largest absolute Gasteiger partial charge is 0.385 e. The molecule has 1 saturated carbocycles. The van der Waals surface area contributed by atoms with E-state index in [0.29, 0.717) is 0 Å². The predicted octanol–water partition coefficient (Wildman–Crippen LogP) is 3.63. The van der Waals surface area contributed by atoms with Crippen LogP contribution in [0.2, 0.25) is 0 Å². The van der Waals surface area contributed by atoms with Crippen molar-refractivity contribution in [3.8, 4) is 0 Å². The highest BCUT2D eigenvalue weighted by Gasteiger charge is 2.34. The molecule has 0 radical (unpaired) electrons. The Bertz CT molecular complexity index is 551. The van der Waals surface area contributed by atoms with E-state index in [-0.39, 0.29) is 0 Å². The number of hydrogen-bond donors (Lipinski definition) is 1. The number of aliphatic hydroxyl groups is 1. The van der Waals surface area contributed by atoms with Crippen LogP contribution in [0.1, 0.15) is 38.2 Å². The van der Waals surface area contributed by atoms with Crippen molar-refractivity contribution in [1.82, 2.24) is 4.98 Å². The SMILES string of the molecule is CC1CCC(O)(c2cccc3ccncc23)CC1. The number of rotatable bonds is 1. The fraction of sp³-hybridized carbons (Fsp3) is 0.438. The second-order valence-corrected chi connectivity index (χ2v) is 5.62. The van der Waals surface area contributed by atoms with Gasteiger partial charge in [0.25, 0.3) is 0 Å². The molecule has 1 fully saturated rings. The summed E-state index contributed by atoms with van der Waals surface area (Å²) in [5.74, 6) is 0.735. The van der Waals surface area contributed by atoms with E-state index in [1.54, 1.807) is 6.20 Å². The molecule has 1 aliphatic carbocycles. The highest BCUT2D eigenvalue weighted by atomic mass is 16.3. The molecule has 0 unspecified atom stereocenters. The molecule has 0 saturated heterocycles. The molecule has 1 heterocycles. The van der Waals surface area contributed by atoms with Gasteiger partial charge >= 0.3 is 0 Å². The van der Waals surface area contributed by atoms with Gasteiger partial charge in [-0.25, -0.2) is 0 Å². The van der Waals surface area contributed by atoms with Gasteiger partial charge in [-0.2, -0.15) is 0 Å². The fourth-order valence-corrected chi connectivity index (χ4v) is 3.03. The Hall–Kier alpha value is -1.41. The number of aromatic nitrogens is 1. The van der Waals surface area contributed by atoms with E-state index >= 15 is 0 Å². The maximum absolute atomic E-state index is 10.9. The summed E-state index contributed by atoms with van der Waals surface area (Å²) in [7, 11) is 0. The standard InChI is InChI=1S/C16H19NO/c1-12-5-8-16(18,9-6-12)15-4-2-3-13-7-10-17-11-14(13)15/h2-4,7,10-12,18H,5-6,8-9H2,1H3. The van der Waals surface area contributed by atoms with Gasteiger partial charge in [-0.15, -0.1) is 0 Å². The van der Waals surface area contributed by atoms with Gasteiger partial charge in [0.15, 0.2) is 0 Å². The first-order valence-electron chi connectivity index (χ1n) is 6.75. The molecule has 1 aromatic carbocycles. The lowest BCUT2D eigenvalue weighted by Crippen LogP contribution is -2.31. The van der Waals surface area contributed by atoms with Gasteiger partial charge in [0.2, 0.25) is 0 Å². The Kier molecular flexibility index (Phi) is 2.83. The van der Waals surface area contributed by atoms with Crippen molar-refractivity contribution < 1.29 is 5.11 Å². The van der Waals surface area contributed by atoms with E-state index in [0.717, 1.165) is 47.9 Å². The van der Waals surface area contributed by atoms with Crippen LogP contribution in [0.15, 0.2) is 36.7 Å². The second kappa shape index (κ2) is 4.36. The Morgan fingerprint density at radius 1 is 1.22 bits per heavy atom. The zero-order valence-electron chi connectivity index (χ0n) is 10.8. The first-order chi connectivity index (χ1) is 8.69. The first kappa shape index (κ1) is 11.7. The zero-order valence-corrected chi connectivity index (χ0v) is 10.8. The average molecular weight is 241 g/mol. The van der Waals surface area contributed by atoms with Crippen molar-refractivity contribution in [1.29, 1.82) is 0 Å². The number of fused-ring (bicyclic) bond motifs is 1. The third-order valence-electron chi connectivity index (χ3n) is 4.29. The highest BCUT2D eigenvalue weighted by Crippen LogP contribution is 2.41. The molecule has 1 aromatic heterocycles. The quantitative estimate of drug-likeness (QED) is 0.827. The van der Waals surface area contributed by atoms with Crippen molar-refractivity contribution >= 4 is 10.8 Å². The summed E-state index contributed by atoms with van der Waals surface area (Å²) >= 11 is 0. The van der Waals surface area contributed by atoms with Crippen molar-refractivity contribution in [3.63, 3.8) is 0 Å². The van der Waals surface area contributed by atoms with Crippen LogP contribution in [0.4, 0.5) is 0 Å². The zero-order chi connectivity index (χ0) is 12.6. The molecular formula is C16H19NO. The van der Waals surface area contributed by atoms with Crippen LogP contribution in [0.25, 0.3) is 10.8 Å². The summed E-state index contributed by atoms with van der Waals surface area (Å²) in [6.07, 6.45) is 7.62. The normalized spacial score (nSPS) is 28.4. The van der Waals surface area contributed by atoms with Crippen LogP contribution in [0.5, 0.6) is 0 Å². The monoisotopic (exact) mass is 241 g/mol. The molecule has 0 bridgehead atoms. The maximum atomic E-state index is 10.9. The minimum Gasteiger partial charge on any atom is -0.385 e. The third-order valence-corrected chi connectivity index (χ3v) is 4.29. The summed E-state index contributed by atoms with van der Waals surface area (Å²) < 4.78 is 0. The molecule has 2 nitrogen and oxygen atoms in total. The number of pyridine rings is 1. The van der Waals surface area contributed by atoms with Crippen molar-refractivity contribution in [2.75, 3.05) is 0 Å². The van der Waals surface area contributed by atoms with Crippen LogP contribution in [-0.4, -0.2) is 10.1 Å². The minimum absolute atomic E-state index is 0.658. The van der Waals surface area contributed by atoms with Gasteiger partial charge in [-0.3, -0.25) is 4.98 Å².